The molecule has 0 aliphatic carbocycles. The summed E-state index contributed by atoms with van der Waals surface area (Å²) in [5, 5.41) is 8.43. The van der Waals surface area contributed by atoms with Crippen LogP contribution in [0.25, 0.3) is 0 Å². The molecule has 0 aromatic rings. The van der Waals surface area contributed by atoms with Gasteiger partial charge in [-0.3, -0.25) is 14.5 Å². The van der Waals surface area contributed by atoms with Gasteiger partial charge in [-0.15, -0.1) is 0 Å². The van der Waals surface area contributed by atoms with Crippen LogP contribution in [0.1, 0.15) is 41.0 Å². The lowest BCUT2D eigenvalue weighted by Crippen LogP contribution is -2.40. The van der Waals surface area contributed by atoms with E-state index in [2.05, 4.69) is 16.0 Å². The molecular formula is C16H32N4O4. The first kappa shape index (κ1) is 22.2. The molecule has 0 bridgehead atoms. The minimum atomic E-state index is -0.514. The topological polar surface area (TPSA) is 99.8 Å². The summed E-state index contributed by atoms with van der Waals surface area (Å²) in [5.41, 5.74) is -0.514. The highest BCUT2D eigenvalue weighted by Crippen LogP contribution is 2.10. The Hall–Kier alpha value is -1.83. The fourth-order valence-corrected chi connectivity index (χ4v) is 1.99. The maximum Gasteiger partial charge on any atom is 0.410 e. The van der Waals surface area contributed by atoms with E-state index in [0.29, 0.717) is 19.6 Å². The van der Waals surface area contributed by atoms with Gasteiger partial charge < -0.3 is 20.7 Å². The number of hydrogen-bond donors (Lipinski definition) is 3. The lowest BCUT2D eigenvalue weighted by molar-refractivity contribution is -0.121. The first-order valence-corrected chi connectivity index (χ1v) is 8.00. The Morgan fingerprint density at radius 3 is 2.33 bits per heavy atom. The van der Waals surface area contributed by atoms with Crippen molar-refractivity contribution in [2.45, 2.75) is 46.6 Å². The lowest BCUT2D eigenvalue weighted by Gasteiger charge is -2.25. The van der Waals surface area contributed by atoms with E-state index in [1.807, 2.05) is 20.8 Å². The molecular weight excluding hydrogens is 312 g/mol. The van der Waals surface area contributed by atoms with Crippen LogP contribution in [-0.4, -0.2) is 67.7 Å². The molecule has 2 aliphatic rings. The molecule has 2 aliphatic heterocycles. The van der Waals surface area contributed by atoms with Gasteiger partial charge in [-0.25, -0.2) is 4.79 Å². The molecule has 2 heterocycles. The zero-order valence-corrected chi connectivity index (χ0v) is 14.2. The highest BCUT2D eigenvalue weighted by atomic mass is 16.6. The Balaban J connectivity index is 0.000000498. The minimum Gasteiger partial charge on any atom is -0.444 e. The van der Waals surface area contributed by atoms with E-state index in [1.165, 1.54) is 4.90 Å². The minimum absolute atomic E-state index is 0. The van der Waals surface area contributed by atoms with Gasteiger partial charge >= 0.3 is 6.09 Å². The van der Waals surface area contributed by atoms with Crippen molar-refractivity contribution in [3.63, 3.8) is 0 Å². The van der Waals surface area contributed by atoms with Gasteiger partial charge in [0, 0.05) is 19.6 Å². The molecule has 24 heavy (non-hydrogen) atoms. The average molecular weight is 344 g/mol. The maximum atomic E-state index is 11.6. The second-order valence-electron chi connectivity index (χ2n) is 6.49. The Morgan fingerprint density at radius 2 is 1.67 bits per heavy atom. The standard InChI is InChI=1S/C10H18N2O3.C5H10N2O.CH4/c1-10(2,3)15-9(14)12-6-4-5-11-8(13)7-12;8-5-4-6-2-1-3-7-5;/h4-7H2,1-3H3,(H,11,13);6H,1-4H2,(H,7,8);1H4. The third-order valence-corrected chi connectivity index (χ3v) is 3.05. The summed E-state index contributed by atoms with van der Waals surface area (Å²) in [6.07, 6.45) is 1.40. The fourth-order valence-electron chi connectivity index (χ4n) is 1.99. The number of amides is 3. The summed E-state index contributed by atoms with van der Waals surface area (Å²) in [4.78, 5) is 34.8. The van der Waals surface area contributed by atoms with Crippen LogP contribution < -0.4 is 16.0 Å². The van der Waals surface area contributed by atoms with Crippen LogP contribution in [-0.2, 0) is 14.3 Å². The van der Waals surface area contributed by atoms with Crippen molar-refractivity contribution in [3.8, 4) is 0 Å². The molecule has 3 N–H and O–H groups in total. The van der Waals surface area contributed by atoms with Crippen molar-refractivity contribution in [3.05, 3.63) is 0 Å². The first-order valence-electron chi connectivity index (χ1n) is 8.00. The number of nitrogens with zero attached hydrogens (tertiary/aromatic N) is 1. The molecule has 2 saturated heterocycles. The van der Waals surface area contributed by atoms with E-state index in [0.717, 1.165) is 25.9 Å². The van der Waals surface area contributed by atoms with Crippen LogP contribution in [0.3, 0.4) is 0 Å². The molecule has 0 aromatic heterocycles. The van der Waals surface area contributed by atoms with Crippen LogP contribution >= 0.6 is 0 Å². The second kappa shape index (κ2) is 10.9. The lowest BCUT2D eigenvalue weighted by atomic mass is 10.2. The molecule has 2 fully saturated rings. The third kappa shape index (κ3) is 10.0. The van der Waals surface area contributed by atoms with Crippen molar-refractivity contribution in [2.24, 2.45) is 0 Å². The smallest absolute Gasteiger partial charge is 0.410 e. The molecule has 8 heteroatoms. The largest absolute Gasteiger partial charge is 0.444 e. The number of hydrogen-bond acceptors (Lipinski definition) is 5. The summed E-state index contributed by atoms with van der Waals surface area (Å²) >= 11 is 0. The van der Waals surface area contributed by atoms with Crippen LogP contribution in [0, 0.1) is 0 Å². The Kier molecular flexibility index (Phi) is 10.0. The van der Waals surface area contributed by atoms with Gasteiger partial charge in [0.05, 0.1) is 6.54 Å². The van der Waals surface area contributed by atoms with E-state index in [1.54, 1.807) is 0 Å². The zero-order chi connectivity index (χ0) is 17.3. The van der Waals surface area contributed by atoms with Crippen molar-refractivity contribution < 1.29 is 19.1 Å². The molecule has 0 radical (unpaired) electrons. The van der Waals surface area contributed by atoms with Crippen LogP contribution in [0.2, 0.25) is 0 Å². The van der Waals surface area contributed by atoms with Gasteiger partial charge in [0.15, 0.2) is 0 Å². The van der Waals surface area contributed by atoms with Crippen molar-refractivity contribution in [1.82, 2.24) is 20.9 Å². The summed E-state index contributed by atoms with van der Waals surface area (Å²) in [6.45, 7) is 8.97. The van der Waals surface area contributed by atoms with E-state index < -0.39 is 11.7 Å². The Bertz CT molecular complexity index is 411. The van der Waals surface area contributed by atoms with Gasteiger partial charge in [0.2, 0.25) is 11.8 Å². The number of nitrogens with one attached hydrogen (secondary N) is 3. The second-order valence-corrected chi connectivity index (χ2v) is 6.49. The third-order valence-electron chi connectivity index (χ3n) is 3.05. The van der Waals surface area contributed by atoms with Crippen LogP contribution in [0.4, 0.5) is 4.79 Å². The predicted octanol–water partition coefficient (Wildman–Crippen LogP) is 0.475. The summed E-state index contributed by atoms with van der Waals surface area (Å²) < 4.78 is 5.19. The van der Waals surface area contributed by atoms with Gasteiger partial charge in [-0.1, -0.05) is 7.43 Å². The number of ether oxygens (including phenoxy) is 1. The molecule has 140 valence electrons. The van der Waals surface area contributed by atoms with Crippen molar-refractivity contribution in [2.75, 3.05) is 39.3 Å². The van der Waals surface area contributed by atoms with E-state index >= 15 is 0 Å². The molecule has 0 aromatic carbocycles. The highest BCUT2D eigenvalue weighted by Gasteiger charge is 2.24. The number of carbonyl (C=O) groups excluding carboxylic acids is 3. The first-order chi connectivity index (χ1) is 10.8. The van der Waals surface area contributed by atoms with E-state index in [-0.39, 0.29) is 25.8 Å². The van der Waals surface area contributed by atoms with Gasteiger partial charge in [-0.2, -0.15) is 0 Å². The van der Waals surface area contributed by atoms with Gasteiger partial charge in [0.25, 0.3) is 0 Å². The maximum absolute atomic E-state index is 11.6. The molecule has 2 rings (SSSR count). The quantitative estimate of drug-likeness (QED) is 0.593. The van der Waals surface area contributed by atoms with Crippen LogP contribution in [0.15, 0.2) is 0 Å². The van der Waals surface area contributed by atoms with E-state index in [9.17, 15) is 14.4 Å². The van der Waals surface area contributed by atoms with Crippen molar-refractivity contribution >= 4 is 17.9 Å². The summed E-state index contributed by atoms with van der Waals surface area (Å²) in [6, 6.07) is 0. The molecule has 0 spiro atoms. The van der Waals surface area contributed by atoms with Crippen LogP contribution in [0.5, 0.6) is 0 Å². The number of carbonyl (C=O) groups is 3. The molecule has 0 unspecified atom stereocenters. The zero-order valence-electron chi connectivity index (χ0n) is 14.2. The molecule has 8 nitrogen and oxygen atoms in total. The average Bonchev–Trinajstić information content (AvgIpc) is 2.80. The summed E-state index contributed by atoms with van der Waals surface area (Å²) in [7, 11) is 0. The fraction of sp³-hybridized carbons (Fsp3) is 0.812. The monoisotopic (exact) mass is 344 g/mol. The highest BCUT2D eigenvalue weighted by molar-refractivity contribution is 5.82. The van der Waals surface area contributed by atoms with E-state index in [4.69, 9.17) is 4.74 Å². The Morgan fingerprint density at radius 1 is 1.04 bits per heavy atom. The van der Waals surface area contributed by atoms with Crippen molar-refractivity contribution in [1.29, 1.82) is 0 Å². The summed E-state index contributed by atoms with van der Waals surface area (Å²) in [5.74, 6) is -0.0131. The number of rotatable bonds is 0. The van der Waals surface area contributed by atoms with Gasteiger partial charge in [-0.05, 0) is 40.2 Å². The predicted molar refractivity (Wildman–Crippen MR) is 92.7 cm³/mol. The normalized spacial score (nSPS) is 18.5. The molecule has 3 amide bonds. The Labute approximate surface area is 144 Å². The molecule has 0 saturated carbocycles. The SMILES string of the molecule is C.CC(C)(C)OC(=O)N1CCCNC(=O)C1.O=C1CNCCCN1. The van der Waals surface area contributed by atoms with Gasteiger partial charge in [0.1, 0.15) is 12.1 Å². The molecule has 0 atom stereocenters.